The minimum atomic E-state index is -0.577. The molecule has 188 valence electrons. The van der Waals surface area contributed by atoms with Crippen LogP contribution in [0.4, 0.5) is 5.88 Å². The number of nitrogens with one attached hydrogen (secondary N) is 1. The van der Waals surface area contributed by atoms with Crippen LogP contribution < -0.4 is 5.32 Å². The van der Waals surface area contributed by atoms with Gasteiger partial charge in [-0.15, -0.1) is 0 Å². The molecule has 2 aromatic heterocycles. The zero-order chi connectivity index (χ0) is 25.5. The first-order chi connectivity index (χ1) is 16.7. The molecule has 0 aliphatic heterocycles. The monoisotopic (exact) mass is 608 g/mol. The fraction of sp³-hybridized carbons (Fsp3) is 0.440. The molecule has 0 aliphatic rings. The molecule has 0 saturated heterocycles. The molecule has 3 atom stereocenters. The number of amides is 1. The lowest BCUT2D eigenvalue weighted by Crippen LogP contribution is -2.34. The highest BCUT2D eigenvalue weighted by atomic mass is 79.9. The molecule has 0 spiro atoms. The van der Waals surface area contributed by atoms with Gasteiger partial charge in [0, 0.05) is 11.4 Å². The Labute approximate surface area is 221 Å². The smallest absolute Gasteiger partial charge is 0.405 e. The van der Waals surface area contributed by atoms with Crippen molar-refractivity contribution < 1.29 is 14.1 Å². The largest absolute Gasteiger partial charge is 0.433 e. The van der Waals surface area contributed by atoms with Gasteiger partial charge in [-0.1, -0.05) is 63.9 Å². The first-order valence-corrected chi connectivity index (χ1v) is 13.5. The highest BCUT2D eigenvalue weighted by Crippen LogP contribution is 2.43. The van der Waals surface area contributed by atoms with Gasteiger partial charge in [-0.05, 0) is 57.6 Å². The number of aromatic nitrogens is 1. The molecule has 0 fully saturated rings. The fourth-order valence-corrected chi connectivity index (χ4v) is 4.95. The van der Waals surface area contributed by atoms with E-state index in [0.717, 1.165) is 37.9 Å². The Hall–Kier alpha value is -2.30. The van der Waals surface area contributed by atoms with Gasteiger partial charge in [-0.25, -0.2) is 0 Å². The number of hydrogen-bond acceptors (Lipinski definition) is 6. The lowest BCUT2D eigenvalue weighted by molar-refractivity contribution is -0.402. The summed E-state index contributed by atoms with van der Waals surface area (Å²) in [6.45, 7) is 9.40. The third kappa shape index (κ3) is 6.89. The van der Waals surface area contributed by atoms with Gasteiger partial charge in [-0.2, -0.15) is 0 Å². The average Bonchev–Trinajstić information content (AvgIpc) is 3.36. The Morgan fingerprint density at radius 1 is 1.17 bits per heavy atom. The summed E-state index contributed by atoms with van der Waals surface area (Å²) in [7, 11) is 0. The summed E-state index contributed by atoms with van der Waals surface area (Å²) in [6.07, 6.45) is 1.90. The Balaban J connectivity index is 1.80. The van der Waals surface area contributed by atoms with E-state index in [9.17, 15) is 14.9 Å². The first kappa shape index (κ1) is 27.3. The lowest BCUT2D eigenvalue weighted by atomic mass is 10.0. The molecule has 0 aliphatic carbocycles. The van der Waals surface area contributed by atoms with Crippen molar-refractivity contribution in [1.29, 1.82) is 0 Å². The zero-order valence-corrected chi connectivity index (χ0v) is 23.2. The van der Waals surface area contributed by atoms with E-state index < -0.39 is 14.6 Å². The van der Waals surface area contributed by atoms with Gasteiger partial charge < -0.3 is 14.6 Å². The van der Waals surface area contributed by atoms with Gasteiger partial charge in [0.25, 0.3) is 5.91 Å². The Morgan fingerprint density at radius 3 is 2.54 bits per heavy atom. The molecule has 3 aromatic rings. The minimum absolute atomic E-state index is 0.0285. The van der Waals surface area contributed by atoms with Crippen LogP contribution in [0.3, 0.4) is 0 Å². The van der Waals surface area contributed by atoms with E-state index in [1.165, 1.54) is 6.07 Å². The van der Waals surface area contributed by atoms with Crippen LogP contribution in [0.1, 0.15) is 65.1 Å². The molecule has 0 bridgehead atoms. The summed E-state index contributed by atoms with van der Waals surface area (Å²) >= 11 is 7.20. The van der Waals surface area contributed by atoms with Gasteiger partial charge in [0.1, 0.15) is 10.7 Å². The third-order valence-corrected chi connectivity index (χ3v) is 8.65. The molecule has 35 heavy (non-hydrogen) atoms. The Kier molecular flexibility index (Phi) is 9.82. The van der Waals surface area contributed by atoms with E-state index in [1.54, 1.807) is 12.1 Å². The molecular formula is C25H30Br2N4O4. The summed E-state index contributed by atoms with van der Waals surface area (Å²) in [6, 6.07) is 12.2. The van der Waals surface area contributed by atoms with Crippen LogP contribution in [0, 0.1) is 10.1 Å². The number of carbonyl (C=O) groups is 1. The number of pyridine rings is 1. The first-order valence-electron chi connectivity index (χ1n) is 11.7. The van der Waals surface area contributed by atoms with E-state index in [1.807, 2.05) is 31.2 Å². The topological polar surface area (TPSA) is 102 Å². The van der Waals surface area contributed by atoms with E-state index in [0.29, 0.717) is 22.5 Å². The van der Waals surface area contributed by atoms with Crippen molar-refractivity contribution in [2.45, 2.75) is 49.3 Å². The van der Waals surface area contributed by atoms with Crippen LogP contribution in [0.5, 0.6) is 0 Å². The number of fused-ring (bicyclic) bond motifs is 1. The molecule has 0 radical (unpaired) electrons. The predicted molar refractivity (Wildman–Crippen MR) is 144 cm³/mol. The standard InChI is InChI=1S/C25H30Br2N4O4/c1-4-30(5-2)14-8-9-16(3)28-25(32)18-15-20(29-19-11-7-6-10-17(18)19)23(26)24(27)21-12-13-22(35-21)31(33)34/h6-7,10-13,15-16,23-24H,4-5,8-9,14H2,1-3H3,(H,28,32). The van der Waals surface area contributed by atoms with Crippen LogP contribution in [0.2, 0.25) is 0 Å². The summed E-state index contributed by atoms with van der Waals surface area (Å²) in [5.41, 5.74) is 1.85. The quantitative estimate of drug-likeness (QED) is 0.142. The van der Waals surface area contributed by atoms with E-state index in [-0.39, 0.29) is 17.8 Å². The summed E-state index contributed by atoms with van der Waals surface area (Å²) < 4.78 is 5.35. The van der Waals surface area contributed by atoms with Crippen molar-refractivity contribution in [2.24, 2.45) is 0 Å². The maximum Gasteiger partial charge on any atom is 0.433 e. The van der Waals surface area contributed by atoms with Gasteiger partial charge in [0.05, 0.1) is 32.5 Å². The molecule has 10 heteroatoms. The maximum atomic E-state index is 13.3. The number of nitro groups is 1. The van der Waals surface area contributed by atoms with Crippen molar-refractivity contribution in [1.82, 2.24) is 15.2 Å². The SMILES string of the molecule is CCN(CC)CCCC(C)NC(=O)c1cc(C(Br)C(Br)c2ccc([N+](=O)[O-])o2)nc2ccccc12. The van der Waals surface area contributed by atoms with Crippen molar-refractivity contribution in [3.05, 3.63) is 69.6 Å². The minimum Gasteiger partial charge on any atom is -0.405 e. The second-order valence-corrected chi connectivity index (χ2v) is 10.4. The number of para-hydroxylation sites is 1. The van der Waals surface area contributed by atoms with Gasteiger partial charge in [-0.3, -0.25) is 19.9 Å². The summed E-state index contributed by atoms with van der Waals surface area (Å²) in [5.74, 6) is -0.0910. The summed E-state index contributed by atoms with van der Waals surface area (Å²) in [4.78, 5) is 30.0. The number of benzene rings is 1. The average molecular weight is 610 g/mol. The lowest BCUT2D eigenvalue weighted by Gasteiger charge is -2.20. The van der Waals surface area contributed by atoms with Crippen molar-refractivity contribution >= 4 is 54.6 Å². The Morgan fingerprint density at radius 2 is 1.89 bits per heavy atom. The Bertz CT molecular complexity index is 1170. The number of nitrogens with zero attached hydrogens (tertiary/aromatic N) is 3. The van der Waals surface area contributed by atoms with Crippen LogP contribution in [-0.2, 0) is 0 Å². The number of hydrogen-bond donors (Lipinski definition) is 1. The molecule has 2 heterocycles. The van der Waals surface area contributed by atoms with Gasteiger partial charge in [0.15, 0.2) is 0 Å². The molecule has 1 N–H and O–H groups in total. The highest BCUT2D eigenvalue weighted by molar-refractivity contribution is 9.12. The van der Waals surface area contributed by atoms with Crippen molar-refractivity contribution in [3.8, 4) is 0 Å². The van der Waals surface area contributed by atoms with Crippen molar-refractivity contribution in [3.63, 3.8) is 0 Å². The third-order valence-electron chi connectivity index (χ3n) is 5.97. The van der Waals surface area contributed by atoms with Crippen LogP contribution in [0.25, 0.3) is 10.9 Å². The molecule has 3 unspecified atom stereocenters. The zero-order valence-electron chi connectivity index (χ0n) is 20.0. The van der Waals surface area contributed by atoms with Gasteiger partial charge in [0.2, 0.25) is 0 Å². The number of carbonyl (C=O) groups excluding carboxylic acids is 1. The van der Waals surface area contributed by atoms with Crippen LogP contribution in [-0.4, -0.2) is 46.4 Å². The van der Waals surface area contributed by atoms with E-state index in [4.69, 9.17) is 9.40 Å². The molecule has 1 amide bonds. The van der Waals surface area contributed by atoms with Crippen molar-refractivity contribution in [2.75, 3.05) is 19.6 Å². The molecule has 1 aromatic carbocycles. The number of furan rings is 1. The molecule has 0 saturated carbocycles. The predicted octanol–water partition coefficient (Wildman–Crippen LogP) is 6.55. The fourth-order valence-electron chi connectivity index (χ4n) is 3.94. The second kappa shape index (κ2) is 12.6. The van der Waals surface area contributed by atoms with Gasteiger partial charge >= 0.3 is 5.88 Å². The van der Waals surface area contributed by atoms with Crippen LogP contribution in [0.15, 0.2) is 46.9 Å². The second-order valence-electron chi connectivity index (χ2n) is 8.39. The summed E-state index contributed by atoms with van der Waals surface area (Å²) in [5, 5.41) is 14.9. The van der Waals surface area contributed by atoms with Crippen LogP contribution >= 0.6 is 31.9 Å². The molecular weight excluding hydrogens is 580 g/mol. The normalized spacial score (nSPS) is 14.1. The number of halogens is 2. The molecule has 8 nitrogen and oxygen atoms in total. The van der Waals surface area contributed by atoms with E-state index in [2.05, 4.69) is 55.9 Å². The molecule has 3 rings (SSSR count). The van der Waals surface area contributed by atoms with E-state index >= 15 is 0 Å². The highest BCUT2D eigenvalue weighted by Gasteiger charge is 2.27. The maximum absolute atomic E-state index is 13.3. The number of rotatable bonds is 12. The number of alkyl halides is 2.